The molecule has 0 aromatic carbocycles. The van der Waals surface area contributed by atoms with E-state index in [1.165, 1.54) is 4.90 Å². The Morgan fingerprint density at radius 2 is 1.92 bits per heavy atom. The largest absolute Gasteiger partial charge is 1.00 e. The Labute approximate surface area is 94.2 Å². The van der Waals surface area contributed by atoms with Crippen LogP contribution in [0.1, 0.15) is 6.42 Å². The minimum Gasteiger partial charge on any atom is -0.541 e. The number of amides is 1. The first-order chi connectivity index (χ1) is 4.59. The predicted octanol–water partition coefficient (Wildman–Crippen LogP) is -3.79. The van der Waals surface area contributed by atoms with E-state index in [1.807, 2.05) is 0 Å². The summed E-state index contributed by atoms with van der Waals surface area (Å²) < 4.78 is 0. The molecule has 0 unspecified atom stereocenters. The topological polar surface area (TPSA) is 70.4 Å². The van der Waals surface area contributed by atoms with Crippen LogP contribution in [0.4, 0.5) is 0 Å². The third kappa shape index (κ3) is 6.54. The van der Waals surface area contributed by atoms with Crippen LogP contribution in [-0.4, -0.2) is 31.2 Å². The molecule has 1 amide bonds. The first-order valence-electron chi connectivity index (χ1n) is 2.84. The number of hydrogen-bond donors (Lipinski definition) is 0. The van der Waals surface area contributed by atoms with E-state index in [9.17, 15) is 9.59 Å². The third-order valence-electron chi connectivity index (χ3n) is 0.994. The molecule has 0 aromatic heterocycles. The van der Waals surface area contributed by atoms with Gasteiger partial charge in [0.2, 0.25) is 5.91 Å². The van der Waals surface area contributed by atoms with Crippen LogP contribution in [0.15, 0.2) is 12.2 Å². The zero-order valence-corrected chi connectivity index (χ0v) is 9.76. The Bertz CT molecular complexity index is 168. The first-order valence-corrected chi connectivity index (χ1v) is 2.84. The molecule has 0 aliphatic heterocycles. The fourth-order valence-electron chi connectivity index (χ4n) is 0.479. The van der Waals surface area contributed by atoms with Gasteiger partial charge in [0.05, 0.1) is 0 Å². The summed E-state index contributed by atoms with van der Waals surface area (Å²) >= 11 is 0. The summed E-state index contributed by atoms with van der Waals surface area (Å²) in [4.78, 5) is 22.0. The second-order valence-electron chi connectivity index (χ2n) is 2.12. The maximum absolute atomic E-state index is 10.9. The maximum Gasteiger partial charge on any atom is 1.00 e. The summed E-state index contributed by atoms with van der Waals surface area (Å²) in [7, 11) is 3.22. The van der Waals surface area contributed by atoms with Gasteiger partial charge < -0.3 is 15.2 Å². The molecule has 0 aliphatic rings. The molecule has 0 radical (unpaired) electrons. The Kier molecular flexibility index (Phi) is 13.3. The maximum atomic E-state index is 10.9. The molecule has 12 heavy (non-hydrogen) atoms. The van der Waals surface area contributed by atoms with Crippen LogP contribution >= 0.6 is 0 Å². The van der Waals surface area contributed by atoms with Crippen LogP contribution in [0.2, 0.25) is 0 Å². The molecule has 5 heteroatoms. The average Bonchev–Trinajstić information content (AvgIpc) is 1.87. The summed E-state index contributed by atoms with van der Waals surface area (Å²) in [5.74, 6) is -0.219. The van der Waals surface area contributed by atoms with Crippen molar-refractivity contribution in [2.75, 3.05) is 14.1 Å². The molecule has 0 heterocycles. The predicted molar refractivity (Wildman–Crippen MR) is 43.0 cm³/mol. The zero-order chi connectivity index (χ0) is 8.15. The van der Waals surface area contributed by atoms with Gasteiger partial charge in [-0.25, -0.2) is 0 Å². The van der Waals surface area contributed by atoms with Gasteiger partial charge in [-0.3, -0.25) is 11.1 Å². The van der Waals surface area contributed by atoms with E-state index in [-0.39, 0.29) is 52.9 Å². The van der Waals surface area contributed by atoms with Crippen LogP contribution in [0.5, 0.6) is 0 Å². The van der Waals surface area contributed by atoms with Crippen molar-refractivity contribution in [2.24, 2.45) is 0 Å². The van der Waals surface area contributed by atoms with Gasteiger partial charge in [-0.2, -0.15) is 0 Å². The molecule has 0 atom stereocenters. The average molecular weight is 182 g/mol. The second-order valence-corrected chi connectivity index (χ2v) is 2.12. The Hall–Kier alpha value is -0.160. The standard InChI is InChI=1S/C7H10NO2.Na.H2O/c1-6(4-5-9)7(10)8(2)3;;/h1,4H2,2-3H3;;1H2/q-1;+1;/p+1. The van der Waals surface area contributed by atoms with Crippen molar-refractivity contribution in [3.8, 4) is 0 Å². The molecule has 0 rings (SSSR count). The van der Waals surface area contributed by atoms with Crippen LogP contribution in [0.3, 0.4) is 0 Å². The molecule has 0 fully saturated rings. The summed E-state index contributed by atoms with van der Waals surface area (Å²) in [5.41, 5.74) is 0.278. The van der Waals surface area contributed by atoms with Crippen molar-refractivity contribution in [3.05, 3.63) is 12.2 Å². The number of hydrogen-bond acceptors (Lipinski definition) is 2. The molecule has 64 valence electrons. The van der Waals surface area contributed by atoms with Gasteiger partial charge in [-0.1, -0.05) is 6.58 Å². The van der Waals surface area contributed by atoms with Crippen molar-refractivity contribution in [2.45, 2.75) is 6.42 Å². The molecule has 0 aromatic rings. The Morgan fingerprint density at radius 1 is 1.50 bits per heavy atom. The van der Waals surface area contributed by atoms with Crippen LogP contribution in [0, 0.1) is 0 Å². The number of carbonyl (C=O) groups excluding carboxylic acids is 2. The van der Waals surface area contributed by atoms with E-state index >= 15 is 0 Å². The summed E-state index contributed by atoms with van der Waals surface area (Å²) in [6, 6.07) is 0. The minimum atomic E-state index is -0.219. The summed E-state index contributed by atoms with van der Waals surface area (Å²) in [6.45, 7) is 3.41. The normalized spacial score (nSPS) is 7.17. The minimum absolute atomic E-state index is 0. The second kappa shape index (κ2) is 8.93. The van der Waals surface area contributed by atoms with E-state index in [1.54, 1.807) is 20.4 Å². The number of rotatable bonds is 3. The molecular formula is C7H13NNaO3+. The van der Waals surface area contributed by atoms with Crippen molar-refractivity contribution >= 4 is 12.2 Å². The van der Waals surface area contributed by atoms with E-state index in [0.717, 1.165) is 0 Å². The molecule has 0 spiro atoms. The molecule has 0 saturated heterocycles. The molecule has 3 N–H and O–H groups in total. The van der Waals surface area contributed by atoms with Crippen molar-refractivity contribution < 1.29 is 44.6 Å². The van der Waals surface area contributed by atoms with Gasteiger partial charge >= 0.3 is 29.6 Å². The summed E-state index contributed by atoms with van der Waals surface area (Å²) in [5, 5.41) is 0. The first kappa shape index (κ1) is 17.8. The van der Waals surface area contributed by atoms with Gasteiger partial charge in [-0.15, -0.1) is 6.42 Å². The van der Waals surface area contributed by atoms with Crippen molar-refractivity contribution in [1.82, 2.24) is 4.90 Å². The van der Waals surface area contributed by atoms with Crippen LogP contribution in [-0.2, 0) is 15.1 Å². The Balaban J connectivity index is -0.000000405. The number of carbonyl (C=O) groups is 1. The molecule has 0 bridgehead atoms. The van der Waals surface area contributed by atoms with E-state index < -0.39 is 0 Å². The van der Waals surface area contributed by atoms with Gasteiger partial charge in [0.15, 0.2) is 0 Å². The molecule has 0 aliphatic carbocycles. The summed E-state index contributed by atoms with van der Waals surface area (Å²) in [6.07, 6.45) is 1.60. The third-order valence-corrected chi connectivity index (χ3v) is 0.994. The monoisotopic (exact) mass is 182 g/mol. The van der Waals surface area contributed by atoms with Crippen molar-refractivity contribution in [1.29, 1.82) is 0 Å². The van der Waals surface area contributed by atoms with Crippen molar-refractivity contribution in [3.63, 3.8) is 0 Å². The molecule has 0 saturated carbocycles. The zero-order valence-electron chi connectivity index (χ0n) is 7.76. The Morgan fingerprint density at radius 3 is 2.17 bits per heavy atom. The fraction of sp³-hybridized carbons (Fsp3) is 0.429. The fourth-order valence-corrected chi connectivity index (χ4v) is 0.479. The molecular weight excluding hydrogens is 169 g/mol. The SMILES string of the molecule is C=C(C[C-]=O)C(=O)N(C)C.[Na+].[OH3+]. The van der Waals surface area contributed by atoms with Crippen LogP contribution < -0.4 is 29.6 Å². The van der Waals surface area contributed by atoms with Gasteiger partial charge in [0.25, 0.3) is 0 Å². The smallest absolute Gasteiger partial charge is 0.541 e. The van der Waals surface area contributed by atoms with E-state index in [4.69, 9.17) is 0 Å². The number of nitrogens with zero attached hydrogens (tertiary/aromatic N) is 1. The van der Waals surface area contributed by atoms with Gasteiger partial charge in [0, 0.05) is 14.1 Å². The number of likely N-dealkylation sites (N-methyl/N-ethyl adjacent to an activating group) is 1. The van der Waals surface area contributed by atoms with Crippen LogP contribution in [0.25, 0.3) is 0 Å². The van der Waals surface area contributed by atoms with Gasteiger partial charge in [0.1, 0.15) is 0 Å². The van der Waals surface area contributed by atoms with E-state index in [0.29, 0.717) is 0 Å². The van der Waals surface area contributed by atoms with Gasteiger partial charge in [-0.05, 0) is 5.57 Å². The molecule has 4 nitrogen and oxygen atoms in total. The van der Waals surface area contributed by atoms with E-state index in [2.05, 4.69) is 6.58 Å². The quantitative estimate of drug-likeness (QED) is 0.194.